The molecule has 1 aliphatic carbocycles. The lowest BCUT2D eigenvalue weighted by Crippen LogP contribution is -2.43. The molecule has 1 saturated carbocycles. The maximum Gasteiger partial charge on any atom is 0.343 e. The first-order valence-electron chi connectivity index (χ1n) is 5.10. The van der Waals surface area contributed by atoms with E-state index < -0.39 is 6.03 Å². The van der Waals surface area contributed by atoms with Gasteiger partial charge in [0.15, 0.2) is 0 Å². The van der Waals surface area contributed by atoms with Crippen LogP contribution in [0.25, 0.3) is 0 Å². The molecule has 0 spiro atoms. The van der Waals surface area contributed by atoms with Gasteiger partial charge in [-0.05, 0) is 19.8 Å². The Kier molecular flexibility index (Phi) is 7.02. The number of nitrogens with two attached hydrogens (primary N) is 2. The third-order valence-corrected chi connectivity index (χ3v) is 2.67. The lowest BCUT2D eigenvalue weighted by atomic mass is 9.86. The van der Waals surface area contributed by atoms with Crippen LogP contribution in [0.5, 0.6) is 0 Å². The highest BCUT2D eigenvalue weighted by atomic mass is 16.5. The molecule has 90 valence electrons. The minimum atomic E-state index is -0.602. The van der Waals surface area contributed by atoms with Gasteiger partial charge in [-0.2, -0.15) is 0 Å². The highest BCUT2D eigenvalue weighted by Crippen LogP contribution is 2.29. The van der Waals surface area contributed by atoms with E-state index >= 15 is 0 Å². The van der Waals surface area contributed by atoms with Gasteiger partial charge in [0.1, 0.15) is 0 Å². The van der Waals surface area contributed by atoms with E-state index in [1.165, 1.54) is 32.1 Å². The van der Waals surface area contributed by atoms with Crippen molar-refractivity contribution in [2.24, 2.45) is 11.7 Å². The minimum absolute atomic E-state index is 0.220. The molecule has 0 heterocycles. The summed E-state index contributed by atoms with van der Waals surface area (Å²) in [6, 6.07) is -0.602. The smallest absolute Gasteiger partial charge is 0.343 e. The lowest BCUT2D eigenvalue weighted by molar-refractivity contribution is -0.0231. The van der Waals surface area contributed by atoms with Gasteiger partial charge < -0.3 is 4.74 Å². The Balaban J connectivity index is 0.000000288. The summed E-state index contributed by atoms with van der Waals surface area (Å²) in [5.41, 5.74) is 3.70. The number of methoxy groups -OCH3 is 1. The molecule has 6 N–H and O–H groups in total. The summed E-state index contributed by atoms with van der Waals surface area (Å²) in [5, 5.41) is 0. The van der Waals surface area contributed by atoms with Gasteiger partial charge in [0.2, 0.25) is 0 Å². The van der Waals surface area contributed by atoms with Crippen LogP contribution < -0.4 is 22.5 Å². The van der Waals surface area contributed by atoms with Crippen molar-refractivity contribution in [3.05, 3.63) is 0 Å². The molecule has 6 nitrogen and oxygen atoms in total. The fourth-order valence-corrected chi connectivity index (χ4v) is 1.55. The number of urea groups is 1. The van der Waals surface area contributed by atoms with Crippen LogP contribution in [-0.4, -0.2) is 18.7 Å². The number of hydrogen-bond acceptors (Lipinski definition) is 4. The van der Waals surface area contributed by atoms with Crippen LogP contribution in [0, 0.1) is 0 Å². The van der Waals surface area contributed by atoms with E-state index in [0.717, 1.165) is 0 Å². The van der Waals surface area contributed by atoms with Gasteiger partial charge >= 0.3 is 6.03 Å². The molecule has 0 atom stereocenters. The van der Waals surface area contributed by atoms with E-state index in [-0.39, 0.29) is 5.60 Å². The highest BCUT2D eigenvalue weighted by molar-refractivity contribution is 5.72. The van der Waals surface area contributed by atoms with Crippen molar-refractivity contribution in [3.63, 3.8) is 0 Å². The fraction of sp³-hybridized carbons (Fsp3) is 0.889. The summed E-state index contributed by atoms with van der Waals surface area (Å²) in [7, 11) is 1.82. The van der Waals surface area contributed by atoms with Crippen molar-refractivity contribution in [1.82, 2.24) is 10.9 Å². The first kappa shape index (κ1) is 14.2. The van der Waals surface area contributed by atoms with Crippen molar-refractivity contribution >= 4 is 6.03 Å². The molecule has 2 amide bonds. The van der Waals surface area contributed by atoms with Crippen LogP contribution in [0.3, 0.4) is 0 Å². The van der Waals surface area contributed by atoms with E-state index in [1.807, 2.05) is 7.11 Å². The molecular formula is C9H22N4O2. The number of ether oxygens (including phenoxy) is 1. The molecule has 0 aromatic carbocycles. The standard InChI is InChI=1S/C8H16O.CH6N4O/c1-8(9-2)6-4-3-5-7-8;2-4-1(6)5-3/h3-7H2,1-2H3;2-3H2,(H2,4,5,6). The second kappa shape index (κ2) is 7.44. The third kappa shape index (κ3) is 6.27. The summed E-state index contributed by atoms with van der Waals surface area (Å²) in [4.78, 5) is 9.71. The Hall–Kier alpha value is -0.850. The van der Waals surface area contributed by atoms with Crippen molar-refractivity contribution in [3.8, 4) is 0 Å². The van der Waals surface area contributed by atoms with Crippen LogP contribution in [0.2, 0.25) is 0 Å². The molecule has 1 fully saturated rings. The van der Waals surface area contributed by atoms with Crippen LogP contribution in [0.15, 0.2) is 0 Å². The lowest BCUT2D eigenvalue weighted by Gasteiger charge is -2.31. The second-order valence-electron chi connectivity index (χ2n) is 3.83. The average molecular weight is 218 g/mol. The number of hydrogen-bond donors (Lipinski definition) is 4. The topological polar surface area (TPSA) is 102 Å². The van der Waals surface area contributed by atoms with E-state index in [9.17, 15) is 4.79 Å². The third-order valence-electron chi connectivity index (χ3n) is 2.67. The largest absolute Gasteiger partial charge is 0.379 e. The highest BCUT2D eigenvalue weighted by Gasteiger charge is 2.25. The predicted octanol–water partition coefficient (Wildman–Crippen LogP) is 0.389. The molecule has 15 heavy (non-hydrogen) atoms. The number of amides is 2. The molecule has 0 aromatic heterocycles. The molecule has 0 bridgehead atoms. The van der Waals surface area contributed by atoms with Crippen LogP contribution in [-0.2, 0) is 4.74 Å². The van der Waals surface area contributed by atoms with Crippen molar-refractivity contribution in [1.29, 1.82) is 0 Å². The van der Waals surface area contributed by atoms with Crippen LogP contribution >= 0.6 is 0 Å². The quantitative estimate of drug-likeness (QED) is 0.290. The molecule has 0 aliphatic heterocycles. The van der Waals surface area contributed by atoms with Gasteiger partial charge in [0, 0.05) is 7.11 Å². The van der Waals surface area contributed by atoms with Gasteiger partial charge in [-0.15, -0.1) is 0 Å². The Bertz CT molecular complexity index is 175. The first-order valence-corrected chi connectivity index (χ1v) is 5.10. The summed E-state index contributed by atoms with van der Waals surface area (Å²) in [6.07, 6.45) is 6.61. The Labute approximate surface area is 90.7 Å². The Morgan fingerprint density at radius 3 is 1.87 bits per heavy atom. The van der Waals surface area contributed by atoms with Crippen LogP contribution in [0.1, 0.15) is 39.0 Å². The molecule has 1 aliphatic rings. The number of hydrazine groups is 2. The van der Waals surface area contributed by atoms with E-state index in [0.29, 0.717) is 0 Å². The fourth-order valence-electron chi connectivity index (χ4n) is 1.55. The SMILES string of the molecule is COC1(C)CCCCC1.NNC(=O)NN. The van der Waals surface area contributed by atoms with E-state index in [4.69, 9.17) is 4.74 Å². The average Bonchev–Trinajstić information content (AvgIpc) is 2.30. The predicted molar refractivity (Wildman–Crippen MR) is 58.5 cm³/mol. The van der Waals surface area contributed by atoms with Crippen LogP contribution in [0.4, 0.5) is 4.79 Å². The zero-order chi connectivity index (χ0) is 11.7. The Morgan fingerprint density at radius 2 is 1.67 bits per heavy atom. The maximum atomic E-state index is 9.71. The van der Waals surface area contributed by atoms with Gasteiger partial charge in [-0.3, -0.25) is 10.9 Å². The van der Waals surface area contributed by atoms with Crippen molar-refractivity contribution in [2.75, 3.05) is 7.11 Å². The van der Waals surface area contributed by atoms with Crippen molar-refractivity contribution < 1.29 is 9.53 Å². The molecular weight excluding hydrogens is 196 g/mol. The number of carbonyl (C=O) groups excluding carboxylic acids is 1. The number of carbonyl (C=O) groups is 1. The van der Waals surface area contributed by atoms with E-state index in [1.54, 1.807) is 10.9 Å². The zero-order valence-corrected chi connectivity index (χ0v) is 9.51. The molecule has 0 saturated heterocycles. The zero-order valence-electron chi connectivity index (χ0n) is 9.51. The van der Waals surface area contributed by atoms with Gasteiger partial charge in [0.05, 0.1) is 5.60 Å². The number of rotatable bonds is 1. The maximum absolute atomic E-state index is 9.71. The minimum Gasteiger partial charge on any atom is -0.379 e. The molecule has 0 unspecified atom stereocenters. The Morgan fingerprint density at radius 1 is 1.20 bits per heavy atom. The van der Waals surface area contributed by atoms with Crippen molar-refractivity contribution in [2.45, 2.75) is 44.6 Å². The normalized spacial score (nSPS) is 18.4. The summed E-state index contributed by atoms with van der Waals surface area (Å²) < 4.78 is 5.38. The second-order valence-corrected chi connectivity index (χ2v) is 3.83. The van der Waals surface area contributed by atoms with Gasteiger partial charge in [0.25, 0.3) is 0 Å². The summed E-state index contributed by atoms with van der Waals surface area (Å²) >= 11 is 0. The summed E-state index contributed by atoms with van der Waals surface area (Å²) in [6.45, 7) is 2.21. The van der Waals surface area contributed by atoms with Gasteiger partial charge in [-0.25, -0.2) is 16.5 Å². The number of nitrogens with one attached hydrogen (secondary N) is 2. The van der Waals surface area contributed by atoms with E-state index in [2.05, 4.69) is 18.6 Å². The van der Waals surface area contributed by atoms with Gasteiger partial charge in [-0.1, -0.05) is 19.3 Å². The molecule has 1 rings (SSSR count). The molecule has 6 heteroatoms. The molecule has 0 aromatic rings. The molecule has 0 radical (unpaired) electrons. The first-order chi connectivity index (χ1) is 7.08. The monoisotopic (exact) mass is 218 g/mol. The summed E-state index contributed by atoms with van der Waals surface area (Å²) in [5.74, 6) is 9.08.